The van der Waals surface area contributed by atoms with Crippen LogP contribution >= 0.6 is 23.2 Å². The molecule has 1 aromatic carbocycles. The van der Waals surface area contributed by atoms with Gasteiger partial charge in [-0.1, -0.05) is 29.3 Å². The van der Waals surface area contributed by atoms with Crippen molar-refractivity contribution < 1.29 is 22.7 Å². The maximum absolute atomic E-state index is 13.3. The molecule has 0 radical (unpaired) electrons. The van der Waals surface area contributed by atoms with Crippen LogP contribution in [0, 0.1) is 11.3 Å². The topological polar surface area (TPSA) is 117 Å². The van der Waals surface area contributed by atoms with Crippen molar-refractivity contribution in [2.45, 2.75) is 67.4 Å². The van der Waals surface area contributed by atoms with Crippen LogP contribution in [0.25, 0.3) is 0 Å². The quantitative estimate of drug-likeness (QED) is 0.695. The Morgan fingerprint density at radius 3 is 2.32 bits per heavy atom. The molecule has 1 aromatic rings. The van der Waals surface area contributed by atoms with E-state index < -0.39 is 44.3 Å². The molecule has 1 aliphatic heterocycles. The van der Waals surface area contributed by atoms with E-state index >= 15 is 0 Å². The lowest BCUT2D eigenvalue weighted by Crippen LogP contribution is -2.50. The van der Waals surface area contributed by atoms with Gasteiger partial charge in [0.1, 0.15) is 22.1 Å². The Hall–Kier alpha value is -2.02. The Morgan fingerprint density at radius 1 is 1.26 bits per heavy atom. The highest BCUT2D eigenvalue weighted by atomic mass is 35.5. The molecule has 0 bridgehead atoms. The summed E-state index contributed by atoms with van der Waals surface area (Å²) in [7, 11) is -4.07. The molecule has 1 aliphatic carbocycles. The van der Waals surface area contributed by atoms with E-state index in [-0.39, 0.29) is 27.9 Å². The first-order valence-electron chi connectivity index (χ1n) is 9.70. The molecule has 1 saturated carbocycles. The van der Waals surface area contributed by atoms with Gasteiger partial charge in [0.25, 0.3) is 0 Å². The summed E-state index contributed by atoms with van der Waals surface area (Å²) in [6.07, 6.45) is 0.0325. The van der Waals surface area contributed by atoms with Crippen molar-refractivity contribution in [3.05, 3.63) is 28.2 Å². The molecule has 1 unspecified atom stereocenters. The van der Waals surface area contributed by atoms with Crippen LogP contribution in [-0.2, 0) is 19.4 Å². The molecule has 11 heteroatoms. The third kappa shape index (κ3) is 4.92. The molecule has 1 heterocycles. The number of carbonyl (C=O) groups excluding carboxylic acids is 2. The van der Waals surface area contributed by atoms with Crippen LogP contribution in [0.2, 0.25) is 10.0 Å². The largest absolute Gasteiger partial charge is 0.444 e. The van der Waals surface area contributed by atoms with Gasteiger partial charge < -0.3 is 10.1 Å². The molecule has 168 valence electrons. The number of hydrogen-bond acceptors (Lipinski definition) is 6. The third-order valence-electron chi connectivity index (χ3n) is 5.16. The van der Waals surface area contributed by atoms with Gasteiger partial charge in [-0.05, 0) is 52.2 Å². The van der Waals surface area contributed by atoms with Crippen molar-refractivity contribution in [1.82, 2.24) is 10.2 Å². The number of halogens is 2. The highest BCUT2D eigenvalue weighted by Gasteiger charge is 2.51. The van der Waals surface area contributed by atoms with Crippen molar-refractivity contribution in [3.8, 4) is 6.07 Å². The predicted molar refractivity (Wildman–Crippen MR) is 115 cm³/mol. The SMILES string of the molecule is CC(C)(C)OC(=O)N1C[C@H](S(=O)(=O)c2c(Cl)cccc2Cl)CC1C(=O)NC1(C#N)CC1. The number of nitriles is 1. The van der Waals surface area contributed by atoms with Gasteiger partial charge in [0, 0.05) is 6.54 Å². The normalized spacial score (nSPS) is 22.5. The van der Waals surface area contributed by atoms with Gasteiger partial charge in [0.2, 0.25) is 5.91 Å². The number of benzene rings is 1. The van der Waals surface area contributed by atoms with E-state index in [1.165, 1.54) is 18.2 Å². The minimum atomic E-state index is -4.07. The minimum Gasteiger partial charge on any atom is -0.444 e. The molecule has 1 N–H and O–H groups in total. The van der Waals surface area contributed by atoms with Crippen LogP contribution < -0.4 is 5.32 Å². The fourth-order valence-electron chi connectivity index (χ4n) is 3.42. The molecular weight excluding hydrogens is 465 g/mol. The zero-order valence-corrected chi connectivity index (χ0v) is 19.6. The minimum absolute atomic E-state index is 0.0365. The van der Waals surface area contributed by atoms with Gasteiger partial charge in [-0.25, -0.2) is 13.2 Å². The van der Waals surface area contributed by atoms with Gasteiger partial charge in [-0.2, -0.15) is 5.26 Å². The van der Waals surface area contributed by atoms with Gasteiger partial charge in [0.15, 0.2) is 9.84 Å². The monoisotopic (exact) mass is 487 g/mol. The Balaban J connectivity index is 1.93. The summed E-state index contributed by atoms with van der Waals surface area (Å²) >= 11 is 12.2. The molecule has 1 saturated heterocycles. The lowest BCUT2D eigenvalue weighted by Gasteiger charge is -2.28. The van der Waals surface area contributed by atoms with Crippen molar-refractivity contribution in [2.75, 3.05) is 6.54 Å². The first kappa shape index (κ1) is 23.6. The van der Waals surface area contributed by atoms with Crippen LogP contribution in [-0.4, -0.2) is 54.3 Å². The van der Waals surface area contributed by atoms with Crippen molar-refractivity contribution >= 4 is 45.0 Å². The molecular formula is C20H23Cl2N3O5S. The highest BCUT2D eigenvalue weighted by molar-refractivity contribution is 7.92. The molecule has 2 fully saturated rings. The van der Waals surface area contributed by atoms with E-state index in [0.29, 0.717) is 12.8 Å². The number of sulfone groups is 1. The second kappa shape index (κ2) is 8.15. The van der Waals surface area contributed by atoms with E-state index in [2.05, 4.69) is 11.4 Å². The second-order valence-corrected chi connectivity index (χ2v) is 11.8. The molecule has 3 rings (SSSR count). The molecule has 31 heavy (non-hydrogen) atoms. The maximum atomic E-state index is 13.3. The highest BCUT2D eigenvalue weighted by Crippen LogP contribution is 2.38. The van der Waals surface area contributed by atoms with E-state index in [4.69, 9.17) is 27.9 Å². The number of nitrogens with zero attached hydrogens (tertiary/aromatic N) is 2. The molecule has 2 amide bonds. The molecule has 2 atom stereocenters. The number of nitrogens with one attached hydrogen (secondary N) is 1. The Morgan fingerprint density at radius 2 is 1.84 bits per heavy atom. The van der Waals surface area contributed by atoms with E-state index in [1.54, 1.807) is 20.8 Å². The van der Waals surface area contributed by atoms with E-state index in [1.807, 2.05) is 0 Å². The zero-order chi connectivity index (χ0) is 23.2. The number of likely N-dealkylation sites (tertiary alicyclic amines) is 1. The van der Waals surface area contributed by atoms with E-state index in [9.17, 15) is 23.3 Å². The maximum Gasteiger partial charge on any atom is 0.411 e. The lowest BCUT2D eigenvalue weighted by molar-refractivity contribution is -0.126. The summed E-state index contributed by atoms with van der Waals surface area (Å²) in [5.41, 5.74) is -1.80. The van der Waals surface area contributed by atoms with Gasteiger partial charge >= 0.3 is 6.09 Å². The molecule has 8 nitrogen and oxygen atoms in total. The van der Waals surface area contributed by atoms with Crippen LogP contribution in [0.15, 0.2) is 23.1 Å². The van der Waals surface area contributed by atoms with Gasteiger partial charge in [-0.15, -0.1) is 0 Å². The summed E-state index contributed by atoms with van der Waals surface area (Å²) in [6, 6.07) is 5.29. The smallest absolute Gasteiger partial charge is 0.411 e. The molecule has 0 aromatic heterocycles. The fraction of sp³-hybridized carbons (Fsp3) is 0.550. The first-order valence-corrected chi connectivity index (χ1v) is 12.0. The van der Waals surface area contributed by atoms with Crippen molar-refractivity contribution in [3.63, 3.8) is 0 Å². The number of rotatable bonds is 4. The first-order chi connectivity index (χ1) is 14.3. The average Bonchev–Trinajstić information content (AvgIpc) is 3.25. The van der Waals surface area contributed by atoms with E-state index in [0.717, 1.165) is 4.90 Å². The third-order valence-corrected chi connectivity index (χ3v) is 8.24. The summed E-state index contributed by atoms with van der Waals surface area (Å²) in [4.78, 5) is 26.6. The fourth-order valence-corrected chi connectivity index (χ4v) is 6.27. The number of carbonyl (C=O) groups is 2. The number of ether oxygens (including phenoxy) is 1. The molecule has 0 spiro atoms. The Bertz CT molecular complexity index is 1040. The number of amides is 2. The summed E-state index contributed by atoms with van der Waals surface area (Å²) < 4.78 is 32.0. The van der Waals surface area contributed by atoms with Gasteiger partial charge in [0.05, 0.1) is 21.4 Å². The Kier molecular flexibility index (Phi) is 6.22. The van der Waals surface area contributed by atoms with Crippen molar-refractivity contribution in [2.24, 2.45) is 0 Å². The summed E-state index contributed by atoms with van der Waals surface area (Å²) in [6.45, 7) is 4.74. The summed E-state index contributed by atoms with van der Waals surface area (Å²) in [5, 5.41) is 10.7. The average molecular weight is 488 g/mol. The molecule has 2 aliphatic rings. The number of hydrogen-bond donors (Lipinski definition) is 1. The lowest BCUT2D eigenvalue weighted by atomic mass is 10.2. The van der Waals surface area contributed by atoms with Crippen molar-refractivity contribution in [1.29, 1.82) is 5.26 Å². The van der Waals surface area contributed by atoms with Crippen LogP contribution in [0.5, 0.6) is 0 Å². The predicted octanol–water partition coefficient (Wildman–Crippen LogP) is 3.32. The zero-order valence-electron chi connectivity index (χ0n) is 17.3. The standard InChI is InChI=1S/C20H23Cl2N3O5S/c1-19(2,3)30-18(27)25-10-12(9-15(25)17(26)24-20(11-23)7-8-20)31(28,29)16-13(21)5-4-6-14(16)22/h4-6,12,15H,7-10H2,1-3H3,(H,24,26)/t12-,15?/m1/s1. The Labute approximate surface area is 191 Å². The summed E-state index contributed by atoms with van der Waals surface area (Å²) in [5.74, 6) is -0.590. The van der Waals surface area contributed by atoms with Crippen LogP contribution in [0.1, 0.15) is 40.0 Å². The van der Waals surface area contributed by atoms with Gasteiger partial charge in [-0.3, -0.25) is 9.69 Å². The van der Waals surface area contributed by atoms with Crippen LogP contribution in [0.3, 0.4) is 0 Å². The van der Waals surface area contributed by atoms with Crippen LogP contribution in [0.4, 0.5) is 4.79 Å². The second-order valence-electron chi connectivity index (χ2n) is 8.79.